The van der Waals surface area contributed by atoms with Crippen LogP contribution in [0.15, 0.2) is 85.2 Å². The zero-order valence-electron chi connectivity index (χ0n) is 14.7. The van der Waals surface area contributed by atoms with Crippen molar-refractivity contribution in [3.63, 3.8) is 0 Å². The highest BCUT2D eigenvalue weighted by molar-refractivity contribution is 6.30. The number of halogens is 2. The molecule has 0 amide bonds. The van der Waals surface area contributed by atoms with Crippen LogP contribution in [-0.4, -0.2) is 0 Å². The van der Waals surface area contributed by atoms with Gasteiger partial charge in [0.1, 0.15) is 0 Å². The summed E-state index contributed by atoms with van der Waals surface area (Å²) >= 11 is 12.1. The summed E-state index contributed by atoms with van der Waals surface area (Å²) in [5.41, 5.74) is 4.18. The Bertz CT molecular complexity index is 942. The number of ether oxygens (including phenoxy) is 1. The van der Waals surface area contributed by atoms with Crippen molar-refractivity contribution in [2.45, 2.75) is 6.92 Å². The molecule has 0 atom stereocenters. The zero-order valence-corrected chi connectivity index (χ0v) is 16.2. The third-order valence-corrected chi connectivity index (χ3v) is 4.83. The van der Waals surface area contributed by atoms with Crippen molar-refractivity contribution >= 4 is 40.4 Å². The molecule has 4 rings (SSSR count). The fourth-order valence-electron chi connectivity index (χ4n) is 2.82. The lowest BCUT2D eigenvalue weighted by molar-refractivity contribution is 0.462. The Balaban J connectivity index is 1.76. The lowest BCUT2D eigenvalue weighted by atomic mass is 10.1. The van der Waals surface area contributed by atoms with Gasteiger partial charge in [0.05, 0.1) is 12.4 Å². The van der Waals surface area contributed by atoms with Gasteiger partial charge in [-0.2, -0.15) is 0 Å². The third kappa shape index (κ3) is 4.02. The maximum absolute atomic E-state index is 6.21. The summed E-state index contributed by atoms with van der Waals surface area (Å²) in [5, 5.41) is 1.39. The molecule has 3 aromatic carbocycles. The Kier molecular flexibility index (Phi) is 4.93. The molecule has 4 heteroatoms. The SMILES string of the molecule is Cc1ccc(N2C=C(c3ccc(Cl)cc3)OC(c3ccc(Cl)cc3)=C2)cc1. The second-order valence-electron chi connectivity index (χ2n) is 6.35. The van der Waals surface area contributed by atoms with Crippen molar-refractivity contribution < 1.29 is 4.74 Å². The smallest absolute Gasteiger partial charge is 0.151 e. The van der Waals surface area contributed by atoms with Crippen LogP contribution in [0.1, 0.15) is 16.7 Å². The summed E-state index contributed by atoms with van der Waals surface area (Å²) in [6.07, 6.45) is 3.96. The number of aryl methyl sites for hydroxylation is 1. The molecule has 0 unspecified atom stereocenters. The van der Waals surface area contributed by atoms with Gasteiger partial charge >= 0.3 is 0 Å². The molecule has 0 aliphatic carbocycles. The summed E-state index contributed by atoms with van der Waals surface area (Å²) in [5.74, 6) is 1.50. The summed E-state index contributed by atoms with van der Waals surface area (Å²) in [6, 6.07) is 23.6. The number of rotatable bonds is 3. The van der Waals surface area contributed by atoms with Gasteiger partial charge in [0, 0.05) is 26.9 Å². The van der Waals surface area contributed by atoms with Crippen LogP contribution in [0.4, 0.5) is 5.69 Å². The molecule has 0 bridgehead atoms. The van der Waals surface area contributed by atoms with Crippen LogP contribution in [0, 0.1) is 6.92 Å². The summed E-state index contributed by atoms with van der Waals surface area (Å²) in [6.45, 7) is 2.08. The zero-order chi connectivity index (χ0) is 18.8. The summed E-state index contributed by atoms with van der Waals surface area (Å²) < 4.78 is 6.21. The Labute approximate surface area is 168 Å². The molecule has 0 radical (unpaired) electrons. The van der Waals surface area contributed by atoms with E-state index in [1.807, 2.05) is 60.9 Å². The number of hydrogen-bond acceptors (Lipinski definition) is 2. The second-order valence-corrected chi connectivity index (χ2v) is 7.22. The molecule has 0 N–H and O–H groups in total. The molecule has 0 aromatic heterocycles. The predicted octanol–water partition coefficient (Wildman–Crippen LogP) is 7.14. The lowest BCUT2D eigenvalue weighted by Crippen LogP contribution is -2.15. The van der Waals surface area contributed by atoms with Crippen molar-refractivity contribution in [1.29, 1.82) is 0 Å². The Morgan fingerprint density at radius 3 is 1.52 bits per heavy atom. The van der Waals surface area contributed by atoms with E-state index in [-0.39, 0.29) is 0 Å². The molecule has 0 spiro atoms. The van der Waals surface area contributed by atoms with E-state index in [1.165, 1.54) is 5.56 Å². The molecule has 1 heterocycles. The average Bonchev–Trinajstić information content (AvgIpc) is 2.69. The molecule has 27 heavy (non-hydrogen) atoms. The van der Waals surface area contributed by atoms with E-state index in [9.17, 15) is 0 Å². The molecule has 134 valence electrons. The fourth-order valence-corrected chi connectivity index (χ4v) is 3.07. The number of anilines is 1. The minimum Gasteiger partial charge on any atom is -0.453 e. The van der Waals surface area contributed by atoms with Gasteiger partial charge in [0.2, 0.25) is 0 Å². The van der Waals surface area contributed by atoms with Crippen LogP contribution in [0.5, 0.6) is 0 Å². The highest BCUT2D eigenvalue weighted by Crippen LogP contribution is 2.33. The van der Waals surface area contributed by atoms with Gasteiger partial charge in [-0.05, 0) is 67.6 Å². The van der Waals surface area contributed by atoms with Gasteiger partial charge in [-0.3, -0.25) is 0 Å². The van der Waals surface area contributed by atoms with E-state index in [4.69, 9.17) is 27.9 Å². The van der Waals surface area contributed by atoms with Crippen molar-refractivity contribution in [2.75, 3.05) is 4.90 Å². The van der Waals surface area contributed by atoms with Crippen LogP contribution < -0.4 is 4.90 Å². The highest BCUT2D eigenvalue weighted by atomic mass is 35.5. The van der Waals surface area contributed by atoms with E-state index in [0.29, 0.717) is 10.0 Å². The molecule has 2 nitrogen and oxygen atoms in total. The van der Waals surface area contributed by atoms with Gasteiger partial charge < -0.3 is 9.64 Å². The molecule has 1 aliphatic rings. The Hall–Kier alpha value is -2.68. The maximum atomic E-state index is 6.21. The fraction of sp³-hybridized carbons (Fsp3) is 0.0435. The Morgan fingerprint density at radius 1 is 0.630 bits per heavy atom. The van der Waals surface area contributed by atoms with Crippen LogP contribution in [0.25, 0.3) is 11.5 Å². The molecular weight excluding hydrogens is 377 g/mol. The first-order valence-corrected chi connectivity index (χ1v) is 9.32. The van der Waals surface area contributed by atoms with Gasteiger partial charge in [0.15, 0.2) is 11.5 Å². The molecule has 0 saturated heterocycles. The van der Waals surface area contributed by atoms with Crippen LogP contribution in [0.2, 0.25) is 10.0 Å². The van der Waals surface area contributed by atoms with Gasteiger partial charge in [-0.1, -0.05) is 40.9 Å². The molecule has 0 saturated carbocycles. The highest BCUT2D eigenvalue weighted by Gasteiger charge is 2.18. The number of benzene rings is 3. The molecule has 0 fully saturated rings. The van der Waals surface area contributed by atoms with E-state index in [2.05, 4.69) is 36.1 Å². The summed E-state index contributed by atoms with van der Waals surface area (Å²) in [7, 11) is 0. The lowest BCUT2D eigenvalue weighted by Gasteiger charge is -2.26. The van der Waals surface area contributed by atoms with Crippen LogP contribution in [-0.2, 0) is 4.74 Å². The van der Waals surface area contributed by atoms with E-state index in [0.717, 1.165) is 28.3 Å². The summed E-state index contributed by atoms with van der Waals surface area (Å²) in [4.78, 5) is 2.07. The van der Waals surface area contributed by atoms with Crippen molar-refractivity contribution in [3.05, 3.63) is 112 Å². The first kappa shape index (κ1) is 17.7. The van der Waals surface area contributed by atoms with E-state index in [1.54, 1.807) is 0 Å². The van der Waals surface area contributed by atoms with E-state index < -0.39 is 0 Å². The number of hydrogen-bond donors (Lipinski definition) is 0. The minimum atomic E-state index is 0.694. The van der Waals surface area contributed by atoms with Crippen molar-refractivity contribution in [3.8, 4) is 0 Å². The van der Waals surface area contributed by atoms with Crippen molar-refractivity contribution in [1.82, 2.24) is 0 Å². The standard InChI is InChI=1S/C23H17Cl2NO/c1-16-2-12-21(13-3-16)26-14-22(17-4-8-19(24)9-5-17)27-23(15-26)18-6-10-20(25)11-7-18/h2-15H,1H3. The minimum absolute atomic E-state index is 0.694. The first-order valence-electron chi connectivity index (χ1n) is 8.57. The quantitative estimate of drug-likeness (QED) is 0.468. The Morgan fingerprint density at radius 2 is 1.07 bits per heavy atom. The predicted molar refractivity (Wildman–Crippen MR) is 114 cm³/mol. The molecule has 1 aliphatic heterocycles. The van der Waals surface area contributed by atoms with Gasteiger partial charge in [-0.15, -0.1) is 0 Å². The van der Waals surface area contributed by atoms with Gasteiger partial charge in [-0.25, -0.2) is 0 Å². The largest absolute Gasteiger partial charge is 0.453 e. The second kappa shape index (κ2) is 7.51. The van der Waals surface area contributed by atoms with Crippen LogP contribution in [0.3, 0.4) is 0 Å². The first-order chi connectivity index (χ1) is 13.1. The van der Waals surface area contributed by atoms with E-state index >= 15 is 0 Å². The van der Waals surface area contributed by atoms with Gasteiger partial charge in [0.25, 0.3) is 0 Å². The molecule has 3 aromatic rings. The third-order valence-electron chi connectivity index (χ3n) is 4.32. The number of nitrogens with zero attached hydrogens (tertiary/aromatic N) is 1. The average molecular weight is 394 g/mol. The topological polar surface area (TPSA) is 12.5 Å². The van der Waals surface area contributed by atoms with Crippen molar-refractivity contribution in [2.24, 2.45) is 0 Å². The molecular formula is C23H17Cl2NO. The normalized spacial score (nSPS) is 13.7. The monoisotopic (exact) mass is 393 g/mol. The maximum Gasteiger partial charge on any atom is 0.151 e. The van der Waals surface area contributed by atoms with Crippen LogP contribution >= 0.6 is 23.2 Å².